The van der Waals surface area contributed by atoms with Crippen molar-refractivity contribution in [1.29, 1.82) is 0 Å². The van der Waals surface area contributed by atoms with Gasteiger partial charge in [-0.25, -0.2) is 0 Å². The smallest absolute Gasteiger partial charge is 0.249 e. The lowest BCUT2D eigenvalue weighted by molar-refractivity contribution is -0.132. The lowest BCUT2D eigenvalue weighted by Gasteiger charge is -2.28. The Morgan fingerprint density at radius 3 is 2.44 bits per heavy atom. The summed E-state index contributed by atoms with van der Waals surface area (Å²) < 4.78 is 5.42. The Morgan fingerprint density at radius 2 is 2.00 bits per heavy atom. The van der Waals surface area contributed by atoms with Crippen molar-refractivity contribution in [1.82, 2.24) is 5.32 Å². The molecule has 106 valence electrons. The fourth-order valence-corrected chi connectivity index (χ4v) is 2.62. The van der Waals surface area contributed by atoms with E-state index in [4.69, 9.17) is 4.74 Å². The molecule has 1 rings (SSSR count). The van der Waals surface area contributed by atoms with Gasteiger partial charge in [-0.1, -0.05) is 33.6 Å². The predicted molar refractivity (Wildman–Crippen MR) is 71.3 cm³/mol. The molecule has 1 fully saturated rings. The molecule has 1 saturated heterocycles. The molecule has 0 saturated carbocycles. The molecular weight excluding hydrogens is 230 g/mol. The van der Waals surface area contributed by atoms with Crippen LogP contribution in [0.3, 0.4) is 0 Å². The summed E-state index contributed by atoms with van der Waals surface area (Å²) in [7, 11) is 0. The molecule has 0 spiro atoms. The molecule has 1 aliphatic rings. The van der Waals surface area contributed by atoms with Crippen molar-refractivity contribution < 1.29 is 14.6 Å². The summed E-state index contributed by atoms with van der Waals surface area (Å²) in [6.45, 7) is 7.12. The normalized spacial score (nSPS) is 24.2. The van der Waals surface area contributed by atoms with Gasteiger partial charge in [-0.05, 0) is 25.2 Å². The van der Waals surface area contributed by atoms with E-state index in [-0.39, 0.29) is 17.9 Å². The third-order valence-corrected chi connectivity index (χ3v) is 3.67. The second kappa shape index (κ2) is 7.10. The van der Waals surface area contributed by atoms with Crippen LogP contribution in [0.5, 0.6) is 0 Å². The van der Waals surface area contributed by atoms with Crippen molar-refractivity contribution in [2.75, 3.05) is 13.2 Å². The summed E-state index contributed by atoms with van der Waals surface area (Å²) in [6, 6.07) is 0. The molecule has 0 aliphatic carbocycles. The van der Waals surface area contributed by atoms with Gasteiger partial charge in [0.25, 0.3) is 0 Å². The fourth-order valence-electron chi connectivity index (χ4n) is 2.62. The highest BCUT2D eigenvalue weighted by Gasteiger charge is 2.32. The Bertz CT molecular complexity index is 262. The van der Waals surface area contributed by atoms with E-state index in [0.717, 1.165) is 32.1 Å². The molecule has 2 N–H and O–H groups in total. The zero-order valence-electron chi connectivity index (χ0n) is 11.9. The van der Waals surface area contributed by atoms with Crippen LogP contribution in [0, 0.1) is 5.92 Å². The Balaban J connectivity index is 2.43. The summed E-state index contributed by atoms with van der Waals surface area (Å²) in [5.74, 6) is 0.195. The fraction of sp³-hybridized carbons (Fsp3) is 0.929. The van der Waals surface area contributed by atoms with Crippen LogP contribution in [0.2, 0.25) is 0 Å². The highest BCUT2D eigenvalue weighted by Crippen LogP contribution is 2.21. The van der Waals surface area contributed by atoms with Gasteiger partial charge in [-0.15, -0.1) is 0 Å². The number of amides is 1. The molecule has 1 aliphatic heterocycles. The summed E-state index contributed by atoms with van der Waals surface area (Å²) in [5.41, 5.74) is -0.763. The van der Waals surface area contributed by atoms with E-state index in [1.54, 1.807) is 0 Å². The average Bonchev–Trinajstić information content (AvgIpc) is 2.73. The van der Waals surface area contributed by atoms with Crippen molar-refractivity contribution in [2.45, 2.75) is 64.6 Å². The zero-order chi connectivity index (χ0) is 13.6. The topological polar surface area (TPSA) is 58.6 Å². The molecule has 4 heteroatoms. The van der Waals surface area contributed by atoms with Crippen molar-refractivity contribution in [3.8, 4) is 0 Å². The van der Waals surface area contributed by atoms with Gasteiger partial charge in [0.05, 0.1) is 5.60 Å². The number of carbonyl (C=O) groups is 1. The quantitative estimate of drug-likeness (QED) is 0.732. The lowest BCUT2D eigenvalue weighted by atomic mass is 9.92. The lowest BCUT2D eigenvalue weighted by Crippen LogP contribution is -2.46. The second-order valence-corrected chi connectivity index (χ2v) is 5.50. The monoisotopic (exact) mass is 257 g/mol. The molecule has 0 aromatic heterocycles. The highest BCUT2D eigenvalue weighted by molar-refractivity contribution is 5.81. The minimum absolute atomic E-state index is 0.0781. The van der Waals surface area contributed by atoms with Crippen molar-refractivity contribution in [2.24, 2.45) is 5.92 Å². The van der Waals surface area contributed by atoms with Gasteiger partial charge < -0.3 is 15.2 Å². The van der Waals surface area contributed by atoms with E-state index < -0.39 is 5.60 Å². The van der Waals surface area contributed by atoms with Gasteiger partial charge in [0, 0.05) is 13.2 Å². The number of aliphatic hydroxyl groups is 1. The summed E-state index contributed by atoms with van der Waals surface area (Å²) in [5, 5.41) is 13.3. The zero-order valence-corrected chi connectivity index (χ0v) is 11.9. The van der Waals surface area contributed by atoms with Crippen LogP contribution in [0.1, 0.15) is 52.9 Å². The standard InChI is InChI=1S/C14H27NO3/c1-4-7-14(17,8-5-2)10-15-13(16)12-11(3)6-9-18-12/h11-12,17H,4-10H2,1-3H3,(H,15,16). The number of carbonyl (C=O) groups excluding carboxylic acids is 1. The molecule has 0 radical (unpaired) electrons. The Labute approximate surface area is 110 Å². The molecule has 4 nitrogen and oxygen atoms in total. The van der Waals surface area contributed by atoms with Gasteiger partial charge in [0.15, 0.2) is 0 Å². The maximum Gasteiger partial charge on any atom is 0.249 e. The first-order valence-electron chi connectivity index (χ1n) is 7.14. The number of hydrogen-bond acceptors (Lipinski definition) is 3. The van der Waals surface area contributed by atoms with E-state index in [1.165, 1.54) is 0 Å². The van der Waals surface area contributed by atoms with E-state index >= 15 is 0 Å². The summed E-state index contributed by atoms with van der Waals surface area (Å²) in [4.78, 5) is 12.0. The van der Waals surface area contributed by atoms with Gasteiger partial charge in [-0.2, -0.15) is 0 Å². The van der Waals surface area contributed by atoms with Crippen LogP contribution in [-0.2, 0) is 9.53 Å². The Kier molecular flexibility index (Phi) is 6.09. The van der Waals surface area contributed by atoms with E-state index in [2.05, 4.69) is 5.32 Å². The van der Waals surface area contributed by atoms with Crippen LogP contribution in [0.25, 0.3) is 0 Å². The van der Waals surface area contributed by atoms with E-state index in [9.17, 15) is 9.90 Å². The van der Waals surface area contributed by atoms with Crippen molar-refractivity contribution in [3.05, 3.63) is 0 Å². The Hall–Kier alpha value is -0.610. The van der Waals surface area contributed by atoms with Crippen LogP contribution >= 0.6 is 0 Å². The minimum atomic E-state index is -0.763. The van der Waals surface area contributed by atoms with Crippen molar-refractivity contribution in [3.63, 3.8) is 0 Å². The van der Waals surface area contributed by atoms with Crippen molar-refractivity contribution >= 4 is 5.91 Å². The van der Waals surface area contributed by atoms with Crippen LogP contribution in [-0.4, -0.2) is 35.9 Å². The van der Waals surface area contributed by atoms with Gasteiger partial charge in [0.2, 0.25) is 5.91 Å². The highest BCUT2D eigenvalue weighted by atomic mass is 16.5. The molecule has 18 heavy (non-hydrogen) atoms. The van der Waals surface area contributed by atoms with Gasteiger partial charge in [-0.3, -0.25) is 4.79 Å². The average molecular weight is 257 g/mol. The molecule has 2 atom stereocenters. The SMILES string of the molecule is CCCC(O)(CCC)CNC(=O)C1OCCC1C. The largest absolute Gasteiger partial charge is 0.388 e. The molecule has 0 aromatic rings. The second-order valence-electron chi connectivity index (χ2n) is 5.50. The maximum atomic E-state index is 12.0. The number of ether oxygens (including phenoxy) is 1. The molecule has 2 unspecified atom stereocenters. The van der Waals surface area contributed by atoms with E-state index in [0.29, 0.717) is 13.2 Å². The first-order valence-corrected chi connectivity index (χ1v) is 7.14. The first kappa shape index (κ1) is 15.4. The molecule has 0 aromatic carbocycles. The number of rotatable bonds is 7. The first-order chi connectivity index (χ1) is 8.52. The molecular formula is C14H27NO3. The Morgan fingerprint density at radius 1 is 1.39 bits per heavy atom. The van der Waals surface area contributed by atoms with Crippen LogP contribution < -0.4 is 5.32 Å². The van der Waals surface area contributed by atoms with Crippen LogP contribution in [0.4, 0.5) is 0 Å². The van der Waals surface area contributed by atoms with Gasteiger partial charge in [0.1, 0.15) is 6.10 Å². The molecule has 1 heterocycles. The molecule has 1 amide bonds. The predicted octanol–water partition coefficient (Wildman–Crippen LogP) is 1.86. The summed E-state index contributed by atoms with van der Waals surface area (Å²) >= 11 is 0. The van der Waals surface area contributed by atoms with Crippen LogP contribution in [0.15, 0.2) is 0 Å². The van der Waals surface area contributed by atoms with E-state index in [1.807, 2.05) is 20.8 Å². The summed E-state index contributed by atoms with van der Waals surface area (Å²) in [6.07, 6.45) is 3.89. The van der Waals surface area contributed by atoms with Gasteiger partial charge >= 0.3 is 0 Å². The number of nitrogens with one attached hydrogen (secondary N) is 1. The maximum absolute atomic E-state index is 12.0. The molecule has 0 bridgehead atoms. The minimum Gasteiger partial charge on any atom is -0.388 e. The third-order valence-electron chi connectivity index (χ3n) is 3.67. The number of hydrogen-bond donors (Lipinski definition) is 2. The third kappa shape index (κ3) is 4.25.